The van der Waals surface area contributed by atoms with E-state index in [0.29, 0.717) is 33.7 Å². The molecule has 0 aliphatic heterocycles. The van der Waals surface area contributed by atoms with Crippen molar-refractivity contribution in [2.75, 3.05) is 24.9 Å². The molecule has 1 aromatic heterocycles. The standard InChI is InChI=1S/C23H26BrN5O4S/c1-5-13(2)19(26-22(31)25-17-11-10-16(32-3)12-18(17)33-4)20(30)27-23-29-28-21(34-23)14-6-8-15(24)9-7-14/h6-13,19H,5H2,1-4H3,(H2,25,26,31)(H,27,29,30)/t13-,19-/m1/s1. The van der Waals surface area contributed by atoms with Gasteiger partial charge in [-0.2, -0.15) is 0 Å². The Kier molecular flexibility index (Phi) is 8.83. The van der Waals surface area contributed by atoms with Gasteiger partial charge in [-0.15, -0.1) is 10.2 Å². The van der Waals surface area contributed by atoms with E-state index in [-0.39, 0.29) is 11.8 Å². The van der Waals surface area contributed by atoms with Crippen molar-refractivity contribution in [3.8, 4) is 22.1 Å². The topological polar surface area (TPSA) is 114 Å². The largest absolute Gasteiger partial charge is 0.497 e. The van der Waals surface area contributed by atoms with Crippen LogP contribution in [0.5, 0.6) is 11.5 Å². The second-order valence-corrected chi connectivity index (χ2v) is 9.33. The molecule has 0 bridgehead atoms. The van der Waals surface area contributed by atoms with Gasteiger partial charge in [0.1, 0.15) is 22.5 Å². The molecular formula is C23H26BrN5O4S. The van der Waals surface area contributed by atoms with E-state index in [1.807, 2.05) is 38.1 Å². The highest BCUT2D eigenvalue weighted by Crippen LogP contribution is 2.29. The zero-order chi connectivity index (χ0) is 24.7. The number of nitrogens with zero attached hydrogens (tertiary/aromatic N) is 2. The van der Waals surface area contributed by atoms with Gasteiger partial charge in [0.15, 0.2) is 0 Å². The van der Waals surface area contributed by atoms with Crippen LogP contribution in [0, 0.1) is 5.92 Å². The molecule has 180 valence electrons. The molecular weight excluding hydrogens is 522 g/mol. The Morgan fingerprint density at radius 2 is 1.79 bits per heavy atom. The molecule has 3 amide bonds. The number of hydrogen-bond donors (Lipinski definition) is 3. The second kappa shape index (κ2) is 11.8. The molecule has 0 aliphatic rings. The number of halogens is 1. The number of amides is 3. The number of hydrogen-bond acceptors (Lipinski definition) is 7. The first kappa shape index (κ1) is 25.4. The fraction of sp³-hybridized carbons (Fsp3) is 0.304. The van der Waals surface area contributed by atoms with Crippen LogP contribution in [-0.2, 0) is 4.79 Å². The maximum Gasteiger partial charge on any atom is 0.320 e. The molecule has 11 heteroatoms. The van der Waals surface area contributed by atoms with Gasteiger partial charge in [0.05, 0.1) is 19.9 Å². The van der Waals surface area contributed by atoms with Gasteiger partial charge in [0.2, 0.25) is 11.0 Å². The van der Waals surface area contributed by atoms with Crippen molar-refractivity contribution in [2.24, 2.45) is 5.92 Å². The van der Waals surface area contributed by atoms with Gasteiger partial charge in [-0.1, -0.05) is 59.7 Å². The summed E-state index contributed by atoms with van der Waals surface area (Å²) < 4.78 is 11.5. The molecule has 0 radical (unpaired) electrons. The normalized spacial score (nSPS) is 12.4. The van der Waals surface area contributed by atoms with Gasteiger partial charge >= 0.3 is 6.03 Å². The average molecular weight is 548 g/mol. The van der Waals surface area contributed by atoms with Gasteiger partial charge < -0.3 is 20.1 Å². The number of nitrogens with one attached hydrogen (secondary N) is 3. The maximum atomic E-state index is 13.0. The Morgan fingerprint density at radius 1 is 1.06 bits per heavy atom. The number of ether oxygens (including phenoxy) is 2. The number of aromatic nitrogens is 2. The Morgan fingerprint density at radius 3 is 2.44 bits per heavy atom. The molecule has 3 rings (SSSR count). The van der Waals surface area contributed by atoms with E-state index >= 15 is 0 Å². The van der Waals surface area contributed by atoms with E-state index in [2.05, 4.69) is 42.1 Å². The summed E-state index contributed by atoms with van der Waals surface area (Å²) in [6, 6.07) is 11.4. The van der Waals surface area contributed by atoms with Crippen LogP contribution in [-0.4, -0.2) is 42.4 Å². The van der Waals surface area contributed by atoms with E-state index in [9.17, 15) is 9.59 Å². The number of carbonyl (C=O) groups is 2. The number of carbonyl (C=O) groups excluding carboxylic acids is 2. The van der Waals surface area contributed by atoms with Crippen molar-refractivity contribution in [3.63, 3.8) is 0 Å². The highest BCUT2D eigenvalue weighted by molar-refractivity contribution is 9.10. The number of urea groups is 1. The number of methoxy groups -OCH3 is 2. The summed E-state index contributed by atoms with van der Waals surface area (Å²) in [6.07, 6.45) is 0.685. The molecule has 1 heterocycles. The zero-order valence-electron chi connectivity index (χ0n) is 19.2. The minimum absolute atomic E-state index is 0.123. The van der Waals surface area contributed by atoms with Crippen molar-refractivity contribution >= 4 is 50.0 Å². The Hall–Kier alpha value is -3.18. The third kappa shape index (κ3) is 6.45. The van der Waals surface area contributed by atoms with Crippen molar-refractivity contribution in [2.45, 2.75) is 26.3 Å². The Labute approximate surface area is 210 Å². The van der Waals surface area contributed by atoms with Crippen LogP contribution >= 0.6 is 27.3 Å². The molecule has 3 N–H and O–H groups in total. The molecule has 2 atom stereocenters. The van der Waals surface area contributed by atoms with Crippen LogP contribution in [0.2, 0.25) is 0 Å². The smallest absolute Gasteiger partial charge is 0.320 e. The van der Waals surface area contributed by atoms with E-state index < -0.39 is 12.1 Å². The highest BCUT2D eigenvalue weighted by Gasteiger charge is 2.27. The lowest BCUT2D eigenvalue weighted by Gasteiger charge is -2.23. The van der Waals surface area contributed by atoms with Crippen molar-refractivity contribution in [1.29, 1.82) is 0 Å². The van der Waals surface area contributed by atoms with Crippen LogP contribution in [0.15, 0.2) is 46.9 Å². The summed E-state index contributed by atoms with van der Waals surface area (Å²) in [5.41, 5.74) is 1.35. The molecule has 34 heavy (non-hydrogen) atoms. The van der Waals surface area contributed by atoms with E-state index in [4.69, 9.17) is 9.47 Å². The lowest BCUT2D eigenvalue weighted by molar-refractivity contribution is -0.119. The van der Waals surface area contributed by atoms with E-state index in [1.54, 1.807) is 25.3 Å². The fourth-order valence-corrected chi connectivity index (χ4v) is 4.09. The summed E-state index contributed by atoms with van der Waals surface area (Å²) in [5, 5.41) is 17.5. The average Bonchev–Trinajstić information content (AvgIpc) is 3.31. The highest BCUT2D eigenvalue weighted by atomic mass is 79.9. The van der Waals surface area contributed by atoms with E-state index in [1.165, 1.54) is 18.4 Å². The van der Waals surface area contributed by atoms with E-state index in [0.717, 1.165) is 10.0 Å². The van der Waals surface area contributed by atoms with Crippen LogP contribution < -0.4 is 25.4 Å². The summed E-state index contributed by atoms with van der Waals surface area (Å²) in [5.74, 6) is 0.541. The maximum absolute atomic E-state index is 13.0. The van der Waals surface area contributed by atoms with Gasteiger partial charge in [0.25, 0.3) is 0 Å². The SMILES string of the molecule is CC[C@@H](C)[C@@H](NC(=O)Nc1ccc(OC)cc1OC)C(=O)Nc1nnc(-c2ccc(Br)cc2)s1. The first-order valence-corrected chi connectivity index (χ1v) is 12.1. The van der Waals surface area contributed by atoms with Crippen molar-refractivity contribution < 1.29 is 19.1 Å². The minimum Gasteiger partial charge on any atom is -0.497 e. The van der Waals surface area contributed by atoms with Crippen LogP contribution in [0.25, 0.3) is 10.6 Å². The predicted molar refractivity (Wildman–Crippen MR) is 137 cm³/mol. The summed E-state index contributed by atoms with van der Waals surface area (Å²) in [7, 11) is 3.04. The second-order valence-electron chi connectivity index (χ2n) is 7.44. The van der Waals surface area contributed by atoms with Crippen molar-refractivity contribution in [3.05, 3.63) is 46.9 Å². The molecule has 0 fully saturated rings. The quantitative estimate of drug-likeness (QED) is 0.341. The molecule has 9 nitrogen and oxygen atoms in total. The third-order valence-electron chi connectivity index (χ3n) is 5.19. The fourth-order valence-electron chi connectivity index (χ4n) is 3.07. The molecule has 0 spiro atoms. The Balaban J connectivity index is 1.69. The molecule has 3 aromatic rings. The summed E-state index contributed by atoms with van der Waals surface area (Å²) >= 11 is 4.67. The van der Waals surface area contributed by atoms with Gasteiger partial charge in [0, 0.05) is 16.1 Å². The summed E-state index contributed by atoms with van der Waals surface area (Å²) in [4.78, 5) is 25.8. The van der Waals surface area contributed by atoms with Crippen LogP contribution in [0.1, 0.15) is 20.3 Å². The van der Waals surface area contributed by atoms with Crippen molar-refractivity contribution in [1.82, 2.24) is 15.5 Å². The first-order chi connectivity index (χ1) is 16.3. The predicted octanol–water partition coefficient (Wildman–Crippen LogP) is 5.16. The number of anilines is 2. The van der Waals surface area contributed by atoms with Gasteiger partial charge in [-0.25, -0.2) is 4.79 Å². The molecule has 2 aromatic carbocycles. The lowest BCUT2D eigenvalue weighted by atomic mass is 9.98. The van der Waals surface area contributed by atoms with Crippen LogP contribution in [0.4, 0.5) is 15.6 Å². The third-order valence-corrected chi connectivity index (χ3v) is 6.60. The number of rotatable bonds is 9. The molecule has 0 saturated heterocycles. The molecule has 0 saturated carbocycles. The molecule has 0 aliphatic carbocycles. The lowest BCUT2D eigenvalue weighted by Crippen LogP contribution is -2.49. The summed E-state index contributed by atoms with van der Waals surface area (Å²) in [6.45, 7) is 3.85. The van der Waals surface area contributed by atoms with Crippen LogP contribution in [0.3, 0.4) is 0 Å². The van der Waals surface area contributed by atoms with Gasteiger partial charge in [-0.3, -0.25) is 10.1 Å². The number of benzene rings is 2. The van der Waals surface area contributed by atoms with Gasteiger partial charge in [-0.05, 0) is 30.2 Å². The molecule has 0 unspecified atom stereocenters. The monoisotopic (exact) mass is 547 g/mol. The zero-order valence-corrected chi connectivity index (χ0v) is 21.6. The first-order valence-electron chi connectivity index (χ1n) is 10.5. The Bertz CT molecular complexity index is 1140. The minimum atomic E-state index is -0.783.